The molecule has 0 aliphatic carbocycles. The van der Waals surface area contributed by atoms with Gasteiger partial charge in [-0.25, -0.2) is 0 Å². The number of carbonyl (C=O) groups excluding carboxylic acids is 4. The fourth-order valence-electron chi connectivity index (χ4n) is 3.44. The van der Waals surface area contributed by atoms with Gasteiger partial charge in [-0.3, -0.25) is 24.1 Å². The summed E-state index contributed by atoms with van der Waals surface area (Å²) in [6.07, 6.45) is 0. The maximum Gasteiger partial charge on any atom is 0.262 e. The summed E-state index contributed by atoms with van der Waals surface area (Å²) in [7, 11) is 0. The minimum Gasteiger partial charge on any atom is -0.316 e. The molecule has 8 heteroatoms. The number of rotatable bonds is 6. The molecule has 0 saturated carbocycles. The summed E-state index contributed by atoms with van der Waals surface area (Å²) < 4.78 is 0. The minimum atomic E-state index is -0.565. The number of halogens is 1. The Bertz CT molecular complexity index is 1230. The normalized spacial score (nSPS) is 12.9. The highest BCUT2D eigenvalue weighted by atomic mass is 35.5. The predicted molar refractivity (Wildman–Crippen MR) is 124 cm³/mol. The lowest BCUT2D eigenvalue weighted by Crippen LogP contribution is -2.37. The van der Waals surface area contributed by atoms with Crippen LogP contribution in [-0.2, 0) is 4.79 Å². The van der Waals surface area contributed by atoms with Crippen molar-refractivity contribution in [3.8, 4) is 0 Å². The van der Waals surface area contributed by atoms with Gasteiger partial charge in [0.05, 0.1) is 21.7 Å². The summed E-state index contributed by atoms with van der Waals surface area (Å²) in [5.41, 5.74) is 1.21. The van der Waals surface area contributed by atoms with Crippen LogP contribution in [0.2, 0.25) is 5.02 Å². The number of ketones is 1. The van der Waals surface area contributed by atoms with E-state index in [1.54, 1.807) is 54.6 Å². The zero-order chi connectivity index (χ0) is 23.0. The molecule has 3 amide bonds. The Kier molecular flexibility index (Phi) is 5.95. The van der Waals surface area contributed by atoms with Crippen molar-refractivity contribution in [1.82, 2.24) is 4.90 Å². The van der Waals surface area contributed by atoms with Crippen LogP contribution in [0, 0.1) is 0 Å². The lowest BCUT2D eigenvalue weighted by molar-refractivity contribution is -0.116. The number of carbonyl (C=O) groups is 4. The summed E-state index contributed by atoms with van der Waals surface area (Å²) in [5, 5.41) is 3.40. The van der Waals surface area contributed by atoms with Crippen molar-refractivity contribution in [3.63, 3.8) is 0 Å². The van der Waals surface area contributed by atoms with Crippen LogP contribution in [-0.4, -0.2) is 34.9 Å². The molecule has 6 nitrogen and oxygen atoms in total. The first kappa shape index (κ1) is 21.9. The zero-order valence-corrected chi connectivity index (χ0v) is 18.9. The number of benzene rings is 2. The van der Waals surface area contributed by atoms with Gasteiger partial charge in [-0.1, -0.05) is 49.7 Å². The van der Waals surface area contributed by atoms with Crippen molar-refractivity contribution in [1.29, 1.82) is 0 Å². The average molecular weight is 467 g/mol. The van der Waals surface area contributed by atoms with Crippen molar-refractivity contribution in [2.45, 2.75) is 19.8 Å². The van der Waals surface area contributed by atoms with Crippen molar-refractivity contribution in [2.75, 3.05) is 11.9 Å². The highest BCUT2D eigenvalue weighted by molar-refractivity contribution is 7.16. The zero-order valence-electron chi connectivity index (χ0n) is 17.3. The molecule has 1 N–H and O–H groups in total. The van der Waals surface area contributed by atoms with Crippen LogP contribution in [0.5, 0.6) is 0 Å². The van der Waals surface area contributed by atoms with Crippen molar-refractivity contribution in [2.24, 2.45) is 0 Å². The van der Waals surface area contributed by atoms with Crippen LogP contribution >= 0.6 is 22.9 Å². The third-order valence-electron chi connectivity index (χ3n) is 5.12. The fraction of sp³-hybridized carbons (Fsp3) is 0.167. The molecule has 3 aromatic rings. The SMILES string of the molecule is CC(C)c1cc(C(=O)c2ccccc2Cl)c(NC(=O)CN2C(=O)c3ccccc3C2=O)s1. The van der Waals surface area contributed by atoms with E-state index in [1.807, 2.05) is 13.8 Å². The van der Waals surface area contributed by atoms with Gasteiger partial charge >= 0.3 is 0 Å². The standard InChI is InChI=1S/C24H19ClN2O4S/c1-13(2)19-11-17(21(29)16-9-5-6-10-18(16)25)22(32-19)26-20(28)12-27-23(30)14-7-3-4-8-15(14)24(27)31/h3-11,13H,12H2,1-2H3,(H,26,28). The molecule has 1 aliphatic heterocycles. The van der Waals surface area contributed by atoms with Gasteiger partial charge in [0, 0.05) is 10.4 Å². The molecular weight excluding hydrogens is 448 g/mol. The number of nitrogens with zero attached hydrogens (tertiary/aromatic N) is 1. The topological polar surface area (TPSA) is 83.6 Å². The van der Waals surface area contributed by atoms with E-state index >= 15 is 0 Å². The van der Waals surface area contributed by atoms with E-state index in [4.69, 9.17) is 11.6 Å². The van der Waals surface area contributed by atoms with Gasteiger partial charge in [0.25, 0.3) is 11.8 Å². The Labute approximate surface area is 193 Å². The molecule has 4 rings (SSSR count). The Hall–Kier alpha value is -3.29. The lowest BCUT2D eigenvalue weighted by Gasteiger charge is -2.13. The maximum atomic E-state index is 13.2. The van der Waals surface area contributed by atoms with Gasteiger partial charge < -0.3 is 5.32 Å². The maximum absolute atomic E-state index is 13.2. The molecule has 0 bridgehead atoms. The Morgan fingerprint density at radius 1 is 0.969 bits per heavy atom. The second-order valence-electron chi connectivity index (χ2n) is 7.65. The van der Waals surface area contributed by atoms with Gasteiger partial charge in [0.1, 0.15) is 11.5 Å². The van der Waals surface area contributed by atoms with Crippen LogP contribution in [0.1, 0.15) is 61.3 Å². The Balaban J connectivity index is 1.59. The summed E-state index contributed by atoms with van der Waals surface area (Å²) in [6, 6.07) is 14.9. The highest BCUT2D eigenvalue weighted by Crippen LogP contribution is 2.35. The third kappa shape index (κ3) is 3.97. The number of imide groups is 1. The van der Waals surface area contributed by atoms with E-state index in [1.165, 1.54) is 11.3 Å². The van der Waals surface area contributed by atoms with Gasteiger partial charge in [-0.15, -0.1) is 11.3 Å². The first-order valence-corrected chi connectivity index (χ1v) is 11.2. The highest BCUT2D eigenvalue weighted by Gasteiger charge is 2.36. The number of fused-ring (bicyclic) bond motifs is 1. The first-order valence-electron chi connectivity index (χ1n) is 9.96. The van der Waals surface area contributed by atoms with E-state index in [0.29, 0.717) is 21.2 Å². The molecule has 0 spiro atoms. The number of thiophene rings is 1. The molecule has 32 heavy (non-hydrogen) atoms. The Morgan fingerprint density at radius 2 is 1.56 bits per heavy atom. The van der Waals surface area contributed by atoms with E-state index < -0.39 is 24.3 Å². The molecule has 0 unspecified atom stereocenters. The molecule has 2 aromatic carbocycles. The second-order valence-corrected chi connectivity index (χ2v) is 9.14. The molecule has 1 aromatic heterocycles. The summed E-state index contributed by atoms with van der Waals surface area (Å²) in [6.45, 7) is 3.53. The first-order chi connectivity index (χ1) is 15.3. The van der Waals surface area contributed by atoms with Crippen LogP contribution < -0.4 is 5.32 Å². The monoisotopic (exact) mass is 466 g/mol. The number of amides is 3. The molecule has 162 valence electrons. The largest absolute Gasteiger partial charge is 0.316 e. The molecule has 2 heterocycles. The predicted octanol–water partition coefficient (Wildman–Crippen LogP) is 4.99. The van der Waals surface area contributed by atoms with E-state index in [2.05, 4.69) is 5.32 Å². The number of anilines is 1. The average Bonchev–Trinajstić information content (AvgIpc) is 3.29. The van der Waals surface area contributed by atoms with Gasteiger partial charge in [0.2, 0.25) is 5.91 Å². The van der Waals surface area contributed by atoms with Gasteiger partial charge in [-0.2, -0.15) is 0 Å². The molecule has 0 radical (unpaired) electrons. The lowest BCUT2D eigenvalue weighted by atomic mass is 10.0. The van der Waals surface area contributed by atoms with Crippen LogP contribution in [0.25, 0.3) is 0 Å². The van der Waals surface area contributed by atoms with Crippen LogP contribution in [0.3, 0.4) is 0 Å². The second kappa shape index (κ2) is 8.68. The van der Waals surface area contributed by atoms with E-state index in [-0.39, 0.29) is 22.8 Å². The van der Waals surface area contributed by atoms with Crippen molar-refractivity contribution >= 4 is 51.4 Å². The molecule has 1 aliphatic rings. The number of nitrogens with one attached hydrogen (secondary N) is 1. The van der Waals surface area contributed by atoms with Crippen LogP contribution in [0.4, 0.5) is 5.00 Å². The summed E-state index contributed by atoms with van der Waals surface area (Å²) >= 11 is 7.49. The quantitative estimate of drug-likeness (QED) is 0.409. The van der Waals surface area contributed by atoms with Gasteiger partial charge in [-0.05, 0) is 36.2 Å². The fourth-order valence-corrected chi connectivity index (χ4v) is 4.74. The Morgan fingerprint density at radius 3 is 2.16 bits per heavy atom. The molecule has 0 saturated heterocycles. The molecular formula is C24H19ClN2O4S. The summed E-state index contributed by atoms with van der Waals surface area (Å²) in [4.78, 5) is 52.8. The van der Waals surface area contributed by atoms with E-state index in [9.17, 15) is 19.2 Å². The smallest absolute Gasteiger partial charge is 0.262 e. The van der Waals surface area contributed by atoms with Gasteiger partial charge in [0.15, 0.2) is 5.78 Å². The van der Waals surface area contributed by atoms with Crippen LogP contribution in [0.15, 0.2) is 54.6 Å². The van der Waals surface area contributed by atoms with Crippen molar-refractivity contribution in [3.05, 3.63) is 86.8 Å². The minimum absolute atomic E-state index is 0.139. The number of hydrogen-bond acceptors (Lipinski definition) is 5. The number of hydrogen-bond donors (Lipinski definition) is 1. The van der Waals surface area contributed by atoms with E-state index in [0.717, 1.165) is 9.78 Å². The summed E-state index contributed by atoms with van der Waals surface area (Å²) in [5.74, 6) is -1.76. The molecule has 0 fully saturated rings. The van der Waals surface area contributed by atoms with Crippen molar-refractivity contribution < 1.29 is 19.2 Å². The third-order valence-corrected chi connectivity index (χ3v) is 6.80. The molecule has 0 atom stereocenters.